The van der Waals surface area contributed by atoms with Crippen molar-refractivity contribution in [3.8, 4) is 17.4 Å². The number of nitrogens with zero attached hydrogens (tertiary/aromatic N) is 2. The zero-order chi connectivity index (χ0) is 21.1. The number of nitrogens with one attached hydrogen (secondary N) is 2. The molecule has 0 aliphatic heterocycles. The second-order valence-electron chi connectivity index (χ2n) is 6.11. The Labute approximate surface area is 191 Å². The van der Waals surface area contributed by atoms with Gasteiger partial charge in [0.05, 0.1) is 13.0 Å². The molecule has 0 saturated heterocycles. The Hall–Kier alpha value is -2.24. The van der Waals surface area contributed by atoms with Gasteiger partial charge in [-0.15, -0.1) is 24.0 Å². The van der Waals surface area contributed by atoms with Crippen LogP contribution < -0.4 is 20.1 Å². The Bertz CT molecular complexity index is 786. The maximum absolute atomic E-state index is 12.3. The van der Waals surface area contributed by atoms with Crippen LogP contribution in [0.25, 0.3) is 0 Å². The van der Waals surface area contributed by atoms with E-state index in [1.165, 1.54) is 7.05 Å². The van der Waals surface area contributed by atoms with Gasteiger partial charge in [-0.3, -0.25) is 4.99 Å². The van der Waals surface area contributed by atoms with Crippen molar-refractivity contribution in [1.29, 1.82) is 0 Å². The number of benzene rings is 1. The first-order chi connectivity index (χ1) is 13.9. The second kappa shape index (κ2) is 13.1. The highest BCUT2D eigenvalue weighted by atomic mass is 127. The molecule has 6 nitrogen and oxygen atoms in total. The molecule has 166 valence electrons. The van der Waals surface area contributed by atoms with E-state index in [0.29, 0.717) is 18.2 Å². The van der Waals surface area contributed by atoms with E-state index in [9.17, 15) is 13.2 Å². The van der Waals surface area contributed by atoms with E-state index in [4.69, 9.17) is 9.47 Å². The maximum atomic E-state index is 12.3. The number of pyridine rings is 1. The van der Waals surface area contributed by atoms with E-state index in [1.54, 1.807) is 24.4 Å². The Morgan fingerprint density at radius 3 is 2.43 bits per heavy atom. The van der Waals surface area contributed by atoms with Crippen LogP contribution >= 0.6 is 24.0 Å². The lowest BCUT2D eigenvalue weighted by Crippen LogP contribution is -2.38. The largest absolute Gasteiger partial charge is 0.494 e. The molecule has 30 heavy (non-hydrogen) atoms. The second-order valence-corrected chi connectivity index (χ2v) is 6.11. The van der Waals surface area contributed by atoms with Crippen molar-refractivity contribution in [3.05, 3.63) is 48.2 Å². The van der Waals surface area contributed by atoms with E-state index in [0.717, 1.165) is 17.7 Å². The van der Waals surface area contributed by atoms with Crippen LogP contribution in [0.5, 0.6) is 17.4 Å². The average Bonchev–Trinajstić information content (AvgIpc) is 2.70. The van der Waals surface area contributed by atoms with Gasteiger partial charge in [-0.05, 0) is 36.8 Å². The van der Waals surface area contributed by atoms with E-state index in [1.807, 2.05) is 25.1 Å². The predicted molar refractivity (Wildman–Crippen MR) is 121 cm³/mol. The molecule has 2 aromatic rings. The maximum Gasteiger partial charge on any atom is 0.390 e. The number of ether oxygens (including phenoxy) is 2. The molecule has 0 atom stereocenters. The summed E-state index contributed by atoms with van der Waals surface area (Å²) in [4.78, 5) is 8.16. The Balaban J connectivity index is 0.00000450. The lowest BCUT2D eigenvalue weighted by molar-refractivity contribution is -0.132. The summed E-state index contributed by atoms with van der Waals surface area (Å²) in [5.41, 5.74) is 0.734. The van der Waals surface area contributed by atoms with Gasteiger partial charge in [0.1, 0.15) is 11.5 Å². The number of hydrogen-bond acceptors (Lipinski definition) is 4. The highest BCUT2D eigenvalue weighted by Gasteiger charge is 2.26. The summed E-state index contributed by atoms with van der Waals surface area (Å²) in [5, 5.41) is 5.59. The molecule has 1 aromatic carbocycles. The average molecular weight is 538 g/mol. The van der Waals surface area contributed by atoms with E-state index >= 15 is 0 Å². The minimum Gasteiger partial charge on any atom is -0.494 e. The number of alkyl halides is 3. The van der Waals surface area contributed by atoms with E-state index < -0.39 is 12.6 Å². The molecule has 0 fully saturated rings. The Morgan fingerprint density at radius 2 is 1.80 bits per heavy atom. The molecule has 2 N–H and O–H groups in total. The number of aromatic nitrogens is 1. The molecule has 0 bridgehead atoms. The van der Waals surface area contributed by atoms with Crippen molar-refractivity contribution in [2.75, 3.05) is 20.2 Å². The third-order valence-electron chi connectivity index (χ3n) is 3.73. The number of hydrogen-bond donors (Lipinski definition) is 2. The van der Waals surface area contributed by atoms with Crippen molar-refractivity contribution in [1.82, 2.24) is 15.6 Å². The third-order valence-corrected chi connectivity index (χ3v) is 3.73. The fraction of sp³-hybridized carbons (Fsp3) is 0.400. The van der Waals surface area contributed by atoms with Gasteiger partial charge in [0.15, 0.2) is 5.96 Å². The molecule has 0 aliphatic rings. The minimum absolute atomic E-state index is 0. The molecule has 1 heterocycles. The van der Waals surface area contributed by atoms with Crippen molar-refractivity contribution < 1.29 is 22.6 Å². The van der Waals surface area contributed by atoms with Crippen LogP contribution in [0.2, 0.25) is 0 Å². The number of rotatable bonds is 9. The van der Waals surface area contributed by atoms with Crippen LogP contribution in [0.1, 0.15) is 25.3 Å². The predicted octanol–water partition coefficient (Wildman–Crippen LogP) is 4.90. The van der Waals surface area contributed by atoms with Crippen molar-refractivity contribution >= 4 is 29.9 Å². The summed E-state index contributed by atoms with van der Waals surface area (Å²) in [6.07, 6.45) is -2.62. The monoisotopic (exact) mass is 538 g/mol. The summed E-state index contributed by atoms with van der Waals surface area (Å²) in [7, 11) is 1.49. The number of guanidine groups is 1. The van der Waals surface area contributed by atoms with Crippen molar-refractivity contribution in [2.45, 2.75) is 32.5 Å². The lowest BCUT2D eigenvalue weighted by atomic mass is 10.2. The quantitative estimate of drug-likeness (QED) is 0.270. The molecule has 0 saturated carbocycles. The topological polar surface area (TPSA) is 67.8 Å². The fourth-order valence-electron chi connectivity index (χ4n) is 2.31. The standard InChI is InChI=1S/C20H25F3N4O2.HI/c1-3-13-28-16-6-8-17(9-7-16)29-18-15(5-4-11-25-18)14-27-19(24-2)26-12-10-20(21,22)23;/h4-9,11H,3,10,12-14H2,1-2H3,(H2,24,26,27);1H. The van der Waals surface area contributed by atoms with Crippen LogP contribution in [0.3, 0.4) is 0 Å². The highest BCUT2D eigenvalue weighted by molar-refractivity contribution is 14.0. The van der Waals surface area contributed by atoms with E-state index in [2.05, 4.69) is 20.6 Å². The van der Waals surface area contributed by atoms with Gasteiger partial charge in [-0.25, -0.2) is 4.98 Å². The Kier molecular flexibility index (Phi) is 11.3. The third kappa shape index (κ3) is 9.51. The molecule has 0 spiro atoms. The van der Waals surface area contributed by atoms with Gasteiger partial charge in [0, 0.05) is 31.9 Å². The van der Waals surface area contributed by atoms with Crippen LogP contribution in [-0.2, 0) is 6.54 Å². The first-order valence-corrected chi connectivity index (χ1v) is 9.27. The number of aliphatic imine (C=N–C) groups is 1. The van der Waals surface area contributed by atoms with Gasteiger partial charge in [0.2, 0.25) is 5.88 Å². The van der Waals surface area contributed by atoms with Crippen molar-refractivity contribution in [3.63, 3.8) is 0 Å². The van der Waals surface area contributed by atoms with Gasteiger partial charge >= 0.3 is 6.18 Å². The Morgan fingerprint density at radius 1 is 1.10 bits per heavy atom. The van der Waals surface area contributed by atoms with E-state index in [-0.39, 0.29) is 43.0 Å². The summed E-state index contributed by atoms with van der Waals surface area (Å²) in [6, 6.07) is 10.8. The van der Waals surface area contributed by atoms with Crippen molar-refractivity contribution in [2.24, 2.45) is 4.99 Å². The fourth-order valence-corrected chi connectivity index (χ4v) is 2.31. The molecule has 1 aromatic heterocycles. The molecule has 0 amide bonds. The van der Waals surface area contributed by atoms with Gasteiger partial charge in [-0.2, -0.15) is 13.2 Å². The molecule has 0 radical (unpaired) electrons. The molecule has 0 aliphatic carbocycles. The molecular weight excluding hydrogens is 512 g/mol. The molecular formula is C20H26F3IN4O2. The lowest BCUT2D eigenvalue weighted by Gasteiger charge is -2.14. The normalized spacial score (nSPS) is 11.4. The first-order valence-electron chi connectivity index (χ1n) is 9.27. The van der Waals surface area contributed by atoms with Gasteiger partial charge in [-0.1, -0.05) is 13.0 Å². The SMILES string of the molecule is CCCOc1ccc(Oc2ncccc2CNC(=NC)NCCC(F)(F)F)cc1.I. The van der Waals surface area contributed by atoms with Crippen LogP contribution in [0.15, 0.2) is 47.6 Å². The summed E-state index contributed by atoms with van der Waals surface area (Å²) in [5.74, 6) is 2.02. The molecule has 2 rings (SSSR count). The highest BCUT2D eigenvalue weighted by Crippen LogP contribution is 2.25. The zero-order valence-electron chi connectivity index (χ0n) is 16.8. The molecule has 0 unspecified atom stereocenters. The summed E-state index contributed by atoms with van der Waals surface area (Å²) in [6.45, 7) is 2.71. The zero-order valence-corrected chi connectivity index (χ0v) is 19.2. The summed E-state index contributed by atoms with van der Waals surface area (Å²) >= 11 is 0. The van der Waals surface area contributed by atoms with Gasteiger partial charge < -0.3 is 20.1 Å². The van der Waals surface area contributed by atoms with Crippen LogP contribution in [0, 0.1) is 0 Å². The minimum atomic E-state index is -4.21. The summed E-state index contributed by atoms with van der Waals surface area (Å²) < 4.78 is 48.2. The smallest absolute Gasteiger partial charge is 0.390 e. The molecule has 10 heteroatoms. The first kappa shape index (κ1) is 25.8. The number of halogens is 4. The van der Waals surface area contributed by atoms with Crippen LogP contribution in [0.4, 0.5) is 13.2 Å². The van der Waals surface area contributed by atoms with Gasteiger partial charge in [0.25, 0.3) is 0 Å². The van der Waals surface area contributed by atoms with Crippen LogP contribution in [-0.4, -0.2) is 37.3 Å².